The molecule has 0 saturated heterocycles. The van der Waals surface area contributed by atoms with Gasteiger partial charge in [-0.05, 0) is 20.8 Å². The van der Waals surface area contributed by atoms with E-state index in [0.717, 1.165) is 9.88 Å². The molecule has 1 heterocycles. The molecule has 1 aromatic heterocycles. The van der Waals surface area contributed by atoms with Gasteiger partial charge in [0.2, 0.25) is 5.91 Å². The molecule has 0 aromatic carbocycles. The predicted molar refractivity (Wildman–Crippen MR) is 57.1 cm³/mol. The number of carbonyl (C=O) groups excluding carboxylic acids is 1. The highest BCUT2D eigenvalue weighted by molar-refractivity contribution is 7.11. The number of thiazole rings is 1. The second-order valence-electron chi connectivity index (χ2n) is 3.33. The smallest absolute Gasteiger partial charge is 0.237 e. The van der Waals surface area contributed by atoms with Crippen molar-refractivity contribution in [3.63, 3.8) is 0 Å². The third-order valence-corrected chi connectivity index (χ3v) is 2.88. The Balaban J connectivity index is 2.59. The summed E-state index contributed by atoms with van der Waals surface area (Å²) in [7, 11) is 0. The molecule has 0 aliphatic carbocycles. The van der Waals surface area contributed by atoms with Gasteiger partial charge in [-0.3, -0.25) is 4.79 Å². The van der Waals surface area contributed by atoms with Crippen LogP contribution in [-0.4, -0.2) is 16.9 Å². The summed E-state index contributed by atoms with van der Waals surface area (Å²) in [5.41, 5.74) is 5.44. The van der Waals surface area contributed by atoms with Crippen molar-refractivity contribution >= 4 is 17.2 Å². The first-order chi connectivity index (χ1) is 6.50. The van der Waals surface area contributed by atoms with E-state index in [-0.39, 0.29) is 11.9 Å². The van der Waals surface area contributed by atoms with Gasteiger partial charge < -0.3 is 11.1 Å². The molecule has 4 nitrogen and oxygen atoms in total. The Kier molecular flexibility index (Phi) is 3.60. The average molecular weight is 213 g/mol. The van der Waals surface area contributed by atoms with Crippen molar-refractivity contribution in [1.29, 1.82) is 0 Å². The Bertz CT molecular complexity index is 322. The van der Waals surface area contributed by atoms with Gasteiger partial charge >= 0.3 is 0 Å². The van der Waals surface area contributed by atoms with Crippen LogP contribution < -0.4 is 11.1 Å². The lowest BCUT2D eigenvalue weighted by atomic mass is 10.3. The summed E-state index contributed by atoms with van der Waals surface area (Å²) in [4.78, 5) is 16.6. The minimum Gasteiger partial charge on any atom is -0.346 e. The SMILES string of the molecule is Cc1cnc(C(C)NC(=O)[C@H](C)N)s1. The molecular formula is C9H15N3OS. The maximum atomic E-state index is 11.3. The van der Waals surface area contributed by atoms with Gasteiger partial charge in [-0.15, -0.1) is 11.3 Å². The van der Waals surface area contributed by atoms with Gasteiger partial charge in [0.05, 0.1) is 12.1 Å². The van der Waals surface area contributed by atoms with Gasteiger partial charge in [0.15, 0.2) is 0 Å². The summed E-state index contributed by atoms with van der Waals surface area (Å²) in [6.45, 7) is 5.55. The second kappa shape index (κ2) is 4.52. The van der Waals surface area contributed by atoms with E-state index < -0.39 is 6.04 Å². The molecule has 0 fully saturated rings. The summed E-state index contributed by atoms with van der Waals surface area (Å²) in [6, 6.07) is -0.536. The highest BCUT2D eigenvalue weighted by atomic mass is 32.1. The Hall–Kier alpha value is -0.940. The summed E-state index contributed by atoms with van der Waals surface area (Å²) in [5, 5.41) is 3.71. The number of aromatic nitrogens is 1. The van der Waals surface area contributed by atoms with Crippen LogP contribution in [0.4, 0.5) is 0 Å². The third kappa shape index (κ3) is 2.78. The van der Waals surface area contributed by atoms with Gasteiger partial charge in [-0.2, -0.15) is 0 Å². The lowest BCUT2D eigenvalue weighted by molar-refractivity contribution is -0.122. The van der Waals surface area contributed by atoms with Crippen molar-refractivity contribution in [2.75, 3.05) is 0 Å². The Morgan fingerprint density at radius 1 is 1.64 bits per heavy atom. The van der Waals surface area contributed by atoms with Crippen LogP contribution in [0.25, 0.3) is 0 Å². The van der Waals surface area contributed by atoms with E-state index in [1.807, 2.05) is 13.8 Å². The highest BCUT2D eigenvalue weighted by Crippen LogP contribution is 2.18. The van der Waals surface area contributed by atoms with E-state index in [1.165, 1.54) is 0 Å². The normalized spacial score (nSPS) is 14.9. The second-order valence-corrected chi connectivity index (χ2v) is 4.59. The number of nitrogens with two attached hydrogens (primary N) is 1. The Labute approximate surface area is 87.5 Å². The lowest BCUT2D eigenvalue weighted by Crippen LogP contribution is -2.39. The fourth-order valence-electron chi connectivity index (χ4n) is 0.979. The fraction of sp³-hybridized carbons (Fsp3) is 0.556. The number of rotatable bonds is 3. The van der Waals surface area contributed by atoms with Crippen LogP contribution >= 0.6 is 11.3 Å². The van der Waals surface area contributed by atoms with Crippen LogP contribution in [0.1, 0.15) is 29.8 Å². The van der Waals surface area contributed by atoms with Crippen LogP contribution in [0.2, 0.25) is 0 Å². The van der Waals surface area contributed by atoms with Gasteiger partial charge in [-0.1, -0.05) is 0 Å². The molecule has 1 rings (SSSR count). The first kappa shape index (κ1) is 11.1. The number of hydrogen-bond acceptors (Lipinski definition) is 4. The number of amides is 1. The van der Waals surface area contributed by atoms with E-state index in [1.54, 1.807) is 24.5 Å². The van der Waals surface area contributed by atoms with Crippen molar-refractivity contribution in [1.82, 2.24) is 10.3 Å². The van der Waals surface area contributed by atoms with E-state index in [9.17, 15) is 4.79 Å². The van der Waals surface area contributed by atoms with Crippen LogP contribution in [0.3, 0.4) is 0 Å². The monoisotopic (exact) mass is 213 g/mol. The molecular weight excluding hydrogens is 198 g/mol. The van der Waals surface area contributed by atoms with Crippen LogP contribution in [0.5, 0.6) is 0 Å². The quantitative estimate of drug-likeness (QED) is 0.786. The topological polar surface area (TPSA) is 68.0 Å². The fourth-order valence-corrected chi connectivity index (χ4v) is 1.76. The van der Waals surface area contributed by atoms with E-state index in [4.69, 9.17) is 5.73 Å². The molecule has 1 aromatic rings. The predicted octanol–water partition coefficient (Wildman–Crippen LogP) is 0.976. The van der Waals surface area contributed by atoms with E-state index >= 15 is 0 Å². The Morgan fingerprint density at radius 3 is 2.71 bits per heavy atom. The number of carbonyl (C=O) groups is 1. The maximum Gasteiger partial charge on any atom is 0.237 e. The van der Waals surface area contributed by atoms with E-state index in [0.29, 0.717) is 0 Å². The minimum absolute atomic E-state index is 0.0628. The zero-order chi connectivity index (χ0) is 10.7. The molecule has 2 atom stereocenters. The number of aryl methyl sites for hydroxylation is 1. The molecule has 5 heteroatoms. The van der Waals surface area contributed by atoms with Crippen LogP contribution in [-0.2, 0) is 4.79 Å². The largest absolute Gasteiger partial charge is 0.346 e. The van der Waals surface area contributed by atoms with Crippen molar-refractivity contribution in [2.45, 2.75) is 32.9 Å². The molecule has 0 aliphatic rings. The molecule has 0 radical (unpaired) electrons. The van der Waals surface area contributed by atoms with Crippen molar-refractivity contribution in [3.05, 3.63) is 16.1 Å². The molecule has 0 saturated carbocycles. The van der Waals surface area contributed by atoms with Crippen LogP contribution in [0, 0.1) is 6.92 Å². The molecule has 0 bridgehead atoms. The molecule has 0 aliphatic heterocycles. The molecule has 14 heavy (non-hydrogen) atoms. The van der Waals surface area contributed by atoms with Crippen LogP contribution in [0.15, 0.2) is 6.20 Å². The number of hydrogen-bond donors (Lipinski definition) is 2. The van der Waals surface area contributed by atoms with Gasteiger partial charge in [-0.25, -0.2) is 4.98 Å². The Morgan fingerprint density at radius 2 is 2.29 bits per heavy atom. The highest BCUT2D eigenvalue weighted by Gasteiger charge is 2.14. The molecule has 1 unspecified atom stereocenters. The molecule has 0 spiro atoms. The first-order valence-corrected chi connectivity index (χ1v) is 5.30. The van der Waals surface area contributed by atoms with Crippen molar-refractivity contribution < 1.29 is 4.79 Å². The number of nitrogens with zero attached hydrogens (tertiary/aromatic N) is 1. The van der Waals surface area contributed by atoms with Gasteiger partial charge in [0.1, 0.15) is 5.01 Å². The maximum absolute atomic E-state index is 11.3. The summed E-state index contributed by atoms with van der Waals surface area (Å²) >= 11 is 1.58. The van der Waals surface area contributed by atoms with Gasteiger partial charge in [0.25, 0.3) is 0 Å². The van der Waals surface area contributed by atoms with Crippen molar-refractivity contribution in [2.24, 2.45) is 5.73 Å². The number of nitrogens with one attached hydrogen (secondary N) is 1. The lowest BCUT2D eigenvalue weighted by Gasteiger charge is -2.12. The summed E-state index contributed by atoms with van der Waals surface area (Å²) in [5.74, 6) is -0.148. The molecule has 78 valence electrons. The summed E-state index contributed by atoms with van der Waals surface area (Å²) < 4.78 is 0. The zero-order valence-electron chi connectivity index (χ0n) is 8.57. The standard InChI is InChI=1S/C9H15N3OS/c1-5-4-11-9(14-5)7(3)12-8(13)6(2)10/h4,6-7H,10H2,1-3H3,(H,12,13)/t6-,7?/m0/s1. The van der Waals surface area contributed by atoms with E-state index in [2.05, 4.69) is 10.3 Å². The summed E-state index contributed by atoms with van der Waals surface area (Å²) in [6.07, 6.45) is 1.80. The average Bonchev–Trinajstić information content (AvgIpc) is 2.51. The minimum atomic E-state index is -0.474. The van der Waals surface area contributed by atoms with Crippen molar-refractivity contribution in [3.8, 4) is 0 Å². The third-order valence-electron chi connectivity index (χ3n) is 1.78. The molecule has 1 amide bonds. The first-order valence-electron chi connectivity index (χ1n) is 4.49. The zero-order valence-corrected chi connectivity index (χ0v) is 9.39. The molecule has 3 N–H and O–H groups in total. The van der Waals surface area contributed by atoms with Gasteiger partial charge in [0, 0.05) is 11.1 Å².